The van der Waals surface area contributed by atoms with Gasteiger partial charge in [-0.1, -0.05) is 60.7 Å². The fourth-order valence-electron chi connectivity index (χ4n) is 4.52. The van der Waals surface area contributed by atoms with Gasteiger partial charge in [0.15, 0.2) is 12.7 Å². The molecule has 0 unspecified atom stereocenters. The van der Waals surface area contributed by atoms with E-state index in [4.69, 9.17) is 9.47 Å². The quantitative estimate of drug-likeness (QED) is 0.287. The zero-order chi connectivity index (χ0) is 29.5. The van der Waals surface area contributed by atoms with Crippen LogP contribution in [0, 0.1) is 6.92 Å². The number of rotatable bonds is 10. The van der Waals surface area contributed by atoms with E-state index in [-0.39, 0.29) is 29.9 Å². The molecule has 0 saturated carbocycles. The van der Waals surface area contributed by atoms with Crippen LogP contribution >= 0.6 is 0 Å². The van der Waals surface area contributed by atoms with Gasteiger partial charge < -0.3 is 19.7 Å². The third-order valence-electron chi connectivity index (χ3n) is 6.81. The molecule has 4 aromatic carbocycles. The summed E-state index contributed by atoms with van der Waals surface area (Å²) in [5, 5.41) is 2.90. The van der Waals surface area contributed by atoms with Crippen LogP contribution in [0.15, 0.2) is 108 Å². The summed E-state index contributed by atoms with van der Waals surface area (Å²) in [5.41, 5.74) is 2.95. The molecular formula is C32H31N3O6S. The van der Waals surface area contributed by atoms with Crippen molar-refractivity contribution in [1.82, 2.24) is 5.32 Å². The Balaban J connectivity index is 1.20. The van der Waals surface area contributed by atoms with E-state index in [9.17, 15) is 18.0 Å². The molecule has 2 N–H and O–H groups in total. The van der Waals surface area contributed by atoms with Crippen LogP contribution in [0.2, 0.25) is 0 Å². The molecule has 0 saturated heterocycles. The number of fused-ring (bicyclic) bond motifs is 1. The second-order valence-corrected chi connectivity index (χ2v) is 11.5. The van der Waals surface area contributed by atoms with Crippen LogP contribution < -0.4 is 24.4 Å². The predicted octanol–water partition coefficient (Wildman–Crippen LogP) is 4.33. The lowest BCUT2D eigenvalue weighted by atomic mass is 10.1. The summed E-state index contributed by atoms with van der Waals surface area (Å²) >= 11 is 0. The van der Waals surface area contributed by atoms with Crippen LogP contribution in [-0.4, -0.2) is 46.0 Å². The Morgan fingerprint density at radius 3 is 2.36 bits per heavy atom. The van der Waals surface area contributed by atoms with Crippen molar-refractivity contribution in [3.8, 4) is 11.5 Å². The molecule has 1 aliphatic heterocycles. The van der Waals surface area contributed by atoms with Gasteiger partial charge in [0.2, 0.25) is 0 Å². The number of aryl methyl sites for hydroxylation is 1. The van der Waals surface area contributed by atoms with Gasteiger partial charge in [-0.25, -0.2) is 8.42 Å². The van der Waals surface area contributed by atoms with Gasteiger partial charge in [0.1, 0.15) is 11.5 Å². The number of benzene rings is 4. The SMILES string of the molecule is Cc1ccccc1NS(=O)(=O)c1ccc(OCC(=O)N2C[C@H](C(=O)NCCc3ccccc3)Oc3ccccc32)cc1. The first-order valence-corrected chi connectivity index (χ1v) is 15.0. The fraction of sp³-hybridized carbons (Fsp3) is 0.188. The van der Waals surface area contributed by atoms with Crippen molar-refractivity contribution < 1.29 is 27.5 Å². The number of anilines is 2. The first-order chi connectivity index (χ1) is 20.3. The van der Waals surface area contributed by atoms with E-state index in [1.54, 1.807) is 36.4 Å². The van der Waals surface area contributed by atoms with Gasteiger partial charge in [-0.15, -0.1) is 0 Å². The molecule has 0 radical (unpaired) electrons. The molecule has 5 rings (SSSR count). The number of para-hydroxylation sites is 3. The fourth-order valence-corrected chi connectivity index (χ4v) is 5.66. The molecule has 216 valence electrons. The lowest BCUT2D eigenvalue weighted by molar-refractivity contribution is -0.128. The molecule has 9 nitrogen and oxygen atoms in total. The minimum absolute atomic E-state index is 0.0259. The second kappa shape index (κ2) is 12.8. The lowest BCUT2D eigenvalue weighted by Gasteiger charge is -2.34. The summed E-state index contributed by atoms with van der Waals surface area (Å²) < 4.78 is 39.9. The number of ether oxygens (including phenoxy) is 2. The molecule has 1 aliphatic rings. The highest BCUT2D eigenvalue weighted by atomic mass is 32.2. The lowest BCUT2D eigenvalue weighted by Crippen LogP contribution is -2.52. The molecule has 0 aliphatic carbocycles. The molecule has 1 heterocycles. The standard InChI is InChI=1S/C32H31N3O6S/c1-23-9-5-6-12-27(23)34-42(38,39)26-17-15-25(16-18-26)40-22-31(36)35-21-30(41-29-14-8-7-13-28(29)35)32(37)33-20-19-24-10-3-2-4-11-24/h2-18,30,34H,19-22H2,1H3,(H,33,37)/t30-/m1/s1. The molecule has 4 aromatic rings. The third kappa shape index (κ3) is 6.90. The van der Waals surface area contributed by atoms with Crippen LogP contribution in [0.4, 0.5) is 11.4 Å². The summed E-state index contributed by atoms with van der Waals surface area (Å²) in [4.78, 5) is 27.7. The Morgan fingerprint density at radius 1 is 0.905 bits per heavy atom. The first-order valence-electron chi connectivity index (χ1n) is 13.5. The number of sulfonamides is 1. The van der Waals surface area contributed by atoms with Crippen molar-refractivity contribution in [2.75, 3.05) is 29.3 Å². The van der Waals surface area contributed by atoms with Crippen molar-refractivity contribution in [3.63, 3.8) is 0 Å². The molecule has 10 heteroatoms. The number of hydrogen-bond acceptors (Lipinski definition) is 6. The molecule has 42 heavy (non-hydrogen) atoms. The predicted molar refractivity (Wildman–Crippen MR) is 160 cm³/mol. The Bertz CT molecular complexity index is 1660. The number of nitrogens with zero attached hydrogens (tertiary/aromatic N) is 1. The summed E-state index contributed by atoms with van der Waals surface area (Å²) in [6.07, 6.45) is -0.209. The molecule has 0 spiro atoms. The van der Waals surface area contributed by atoms with Gasteiger partial charge in [0.05, 0.1) is 22.8 Å². The van der Waals surface area contributed by atoms with Crippen LogP contribution in [0.1, 0.15) is 11.1 Å². The zero-order valence-electron chi connectivity index (χ0n) is 23.0. The first kappa shape index (κ1) is 28.7. The van der Waals surface area contributed by atoms with E-state index in [0.29, 0.717) is 35.8 Å². The Hall–Kier alpha value is -4.83. The highest BCUT2D eigenvalue weighted by Gasteiger charge is 2.33. The normalized spacial score (nSPS) is 14.3. The highest BCUT2D eigenvalue weighted by Crippen LogP contribution is 2.33. The Morgan fingerprint density at radius 2 is 1.60 bits per heavy atom. The monoisotopic (exact) mass is 585 g/mol. The average Bonchev–Trinajstić information content (AvgIpc) is 3.01. The van der Waals surface area contributed by atoms with Crippen molar-refractivity contribution in [2.45, 2.75) is 24.3 Å². The van der Waals surface area contributed by atoms with E-state index in [2.05, 4.69) is 10.0 Å². The largest absolute Gasteiger partial charge is 0.484 e. The molecule has 1 atom stereocenters. The van der Waals surface area contributed by atoms with Gasteiger partial charge in [0, 0.05) is 6.54 Å². The van der Waals surface area contributed by atoms with E-state index in [0.717, 1.165) is 11.1 Å². The van der Waals surface area contributed by atoms with E-state index in [1.807, 2.05) is 49.4 Å². The van der Waals surface area contributed by atoms with Gasteiger partial charge >= 0.3 is 0 Å². The van der Waals surface area contributed by atoms with Gasteiger partial charge in [0.25, 0.3) is 21.8 Å². The molecular weight excluding hydrogens is 554 g/mol. The molecule has 0 bridgehead atoms. The van der Waals surface area contributed by atoms with Crippen molar-refractivity contribution in [1.29, 1.82) is 0 Å². The van der Waals surface area contributed by atoms with Gasteiger partial charge in [-0.3, -0.25) is 14.3 Å². The van der Waals surface area contributed by atoms with Crippen molar-refractivity contribution >= 4 is 33.2 Å². The average molecular weight is 586 g/mol. The third-order valence-corrected chi connectivity index (χ3v) is 8.19. The molecule has 0 fully saturated rings. The van der Waals surface area contributed by atoms with Crippen molar-refractivity contribution in [2.24, 2.45) is 0 Å². The number of carbonyl (C=O) groups excluding carboxylic acids is 2. The Kier molecular flexibility index (Phi) is 8.73. The minimum Gasteiger partial charge on any atom is -0.484 e. The number of hydrogen-bond donors (Lipinski definition) is 2. The summed E-state index contributed by atoms with van der Waals surface area (Å²) in [7, 11) is -3.80. The Labute approximate surface area is 245 Å². The maximum Gasteiger partial charge on any atom is 0.265 e. The molecule has 0 aromatic heterocycles. The summed E-state index contributed by atoms with van der Waals surface area (Å²) in [5.74, 6) is 0.0759. The van der Waals surface area contributed by atoms with E-state index < -0.39 is 16.1 Å². The van der Waals surface area contributed by atoms with Gasteiger partial charge in [-0.2, -0.15) is 0 Å². The minimum atomic E-state index is -3.80. The van der Waals surface area contributed by atoms with Crippen molar-refractivity contribution in [3.05, 3.63) is 114 Å². The van der Waals surface area contributed by atoms with Crippen LogP contribution in [0.5, 0.6) is 11.5 Å². The van der Waals surface area contributed by atoms with E-state index in [1.165, 1.54) is 29.2 Å². The summed E-state index contributed by atoms with van der Waals surface area (Å²) in [6, 6.07) is 29.8. The van der Waals surface area contributed by atoms with E-state index >= 15 is 0 Å². The number of nitrogens with one attached hydrogen (secondary N) is 2. The molecule has 2 amide bonds. The van der Waals surface area contributed by atoms with Crippen LogP contribution in [0.25, 0.3) is 0 Å². The maximum atomic E-state index is 13.3. The number of carbonyl (C=O) groups is 2. The van der Waals surface area contributed by atoms with Crippen LogP contribution in [-0.2, 0) is 26.0 Å². The second-order valence-electron chi connectivity index (χ2n) is 9.79. The smallest absolute Gasteiger partial charge is 0.265 e. The maximum absolute atomic E-state index is 13.3. The highest BCUT2D eigenvalue weighted by molar-refractivity contribution is 7.92. The topological polar surface area (TPSA) is 114 Å². The summed E-state index contributed by atoms with van der Waals surface area (Å²) in [6.45, 7) is 1.97. The van der Waals surface area contributed by atoms with Gasteiger partial charge in [-0.05, 0) is 66.9 Å². The zero-order valence-corrected chi connectivity index (χ0v) is 23.8. The number of amides is 2. The van der Waals surface area contributed by atoms with Crippen LogP contribution in [0.3, 0.4) is 0 Å².